The maximum absolute atomic E-state index is 11.5. The highest BCUT2D eigenvalue weighted by atomic mass is 35.5. The van der Waals surface area contributed by atoms with Crippen molar-refractivity contribution in [3.63, 3.8) is 0 Å². The Morgan fingerprint density at radius 3 is 2.61 bits per heavy atom. The second-order valence-corrected chi connectivity index (χ2v) is 4.10. The summed E-state index contributed by atoms with van der Waals surface area (Å²) in [5.74, 6) is -3.13. The molecule has 96 valence electrons. The number of carbonyl (C=O) groups excluding carboxylic acids is 1. The van der Waals surface area contributed by atoms with Gasteiger partial charge in [0.05, 0.1) is 6.08 Å². The number of halogens is 1. The number of hydrogen-bond donors (Lipinski definition) is 2. The average molecular weight is 270 g/mol. The van der Waals surface area contributed by atoms with Crippen LogP contribution in [0.5, 0.6) is 0 Å². The molecule has 0 bridgehead atoms. The lowest BCUT2D eigenvalue weighted by molar-refractivity contribution is -0.136. The van der Waals surface area contributed by atoms with Crippen LogP contribution in [0.4, 0.5) is 0 Å². The largest absolute Gasteiger partial charge is 0.502 e. The molecule has 0 saturated carbocycles. The van der Waals surface area contributed by atoms with E-state index in [1.165, 1.54) is 11.9 Å². The van der Waals surface area contributed by atoms with Gasteiger partial charge in [-0.2, -0.15) is 0 Å². The minimum Gasteiger partial charge on any atom is -0.502 e. The summed E-state index contributed by atoms with van der Waals surface area (Å²) in [5, 5.41) is 17.9. The number of carboxylic acid groups (broad SMARTS) is 1. The van der Waals surface area contributed by atoms with Gasteiger partial charge in [-0.25, -0.2) is 4.79 Å². The number of amides is 1. The number of likely N-dealkylation sites (N-methyl/N-ethyl adjacent to an activating group) is 1. The van der Waals surface area contributed by atoms with E-state index < -0.39 is 17.6 Å². The van der Waals surface area contributed by atoms with Crippen molar-refractivity contribution in [1.29, 1.82) is 0 Å². The van der Waals surface area contributed by atoms with Crippen molar-refractivity contribution < 1.29 is 19.8 Å². The molecular weight excluding hydrogens is 258 g/mol. The molecule has 0 atom stereocenters. The molecule has 1 amide bonds. The van der Waals surface area contributed by atoms with Gasteiger partial charge in [0.15, 0.2) is 0 Å². The predicted octanol–water partition coefficient (Wildman–Crippen LogP) is 1.82. The molecule has 0 fully saturated rings. The zero-order chi connectivity index (χ0) is 13.7. The minimum absolute atomic E-state index is 0.267. The number of aliphatic carboxylic acids is 1. The Hall–Kier alpha value is -2.01. The second kappa shape index (κ2) is 6.07. The lowest BCUT2D eigenvalue weighted by Gasteiger charge is -2.15. The van der Waals surface area contributed by atoms with Crippen LogP contribution in [0, 0.1) is 0 Å². The fraction of sp³-hybridized carbons (Fsp3) is 0.167. The van der Waals surface area contributed by atoms with Crippen LogP contribution in [0.3, 0.4) is 0 Å². The quantitative estimate of drug-likeness (QED) is 0.646. The van der Waals surface area contributed by atoms with Crippen molar-refractivity contribution in [2.24, 2.45) is 0 Å². The molecule has 0 saturated heterocycles. The summed E-state index contributed by atoms with van der Waals surface area (Å²) in [6, 6.07) is 6.95. The molecule has 0 aliphatic heterocycles. The Bertz CT molecular complexity index is 499. The summed E-state index contributed by atoms with van der Waals surface area (Å²) in [5.41, 5.74) is 0.807. The van der Waals surface area contributed by atoms with Gasteiger partial charge >= 0.3 is 5.97 Å². The molecule has 1 aromatic carbocycles. The number of rotatable bonds is 4. The summed E-state index contributed by atoms with van der Waals surface area (Å²) in [6.45, 7) is 0.267. The number of carboxylic acids is 1. The normalized spacial score (nSPS) is 11.1. The van der Waals surface area contributed by atoms with E-state index >= 15 is 0 Å². The van der Waals surface area contributed by atoms with Crippen LogP contribution in [-0.4, -0.2) is 34.0 Å². The highest BCUT2D eigenvalue weighted by Gasteiger charge is 2.11. The molecule has 5 nitrogen and oxygen atoms in total. The molecule has 0 aliphatic carbocycles. The molecule has 0 heterocycles. The van der Waals surface area contributed by atoms with E-state index in [4.69, 9.17) is 21.8 Å². The van der Waals surface area contributed by atoms with E-state index in [-0.39, 0.29) is 6.54 Å². The SMILES string of the molecule is CN(Cc1cccc(Cl)c1)C(=O)/C=C(\O)C(=O)O. The van der Waals surface area contributed by atoms with Gasteiger partial charge in [-0.1, -0.05) is 23.7 Å². The van der Waals surface area contributed by atoms with Gasteiger partial charge in [0.25, 0.3) is 5.91 Å². The first kappa shape index (κ1) is 14.1. The lowest BCUT2D eigenvalue weighted by atomic mass is 10.2. The maximum atomic E-state index is 11.5. The first-order chi connectivity index (χ1) is 8.40. The van der Waals surface area contributed by atoms with Crippen LogP contribution >= 0.6 is 11.6 Å². The van der Waals surface area contributed by atoms with E-state index in [2.05, 4.69) is 0 Å². The van der Waals surface area contributed by atoms with Crippen molar-refractivity contribution in [3.8, 4) is 0 Å². The first-order valence-electron chi connectivity index (χ1n) is 5.03. The van der Waals surface area contributed by atoms with Crippen LogP contribution in [0.25, 0.3) is 0 Å². The van der Waals surface area contributed by atoms with Crippen LogP contribution in [0.15, 0.2) is 36.1 Å². The first-order valence-corrected chi connectivity index (χ1v) is 5.41. The Labute approximate surface area is 109 Å². The van der Waals surface area contributed by atoms with Crippen molar-refractivity contribution in [2.75, 3.05) is 7.05 Å². The van der Waals surface area contributed by atoms with Gasteiger partial charge in [-0.3, -0.25) is 4.79 Å². The number of carbonyl (C=O) groups is 2. The summed E-state index contributed by atoms with van der Waals surface area (Å²) < 4.78 is 0. The molecule has 2 N–H and O–H groups in total. The smallest absolute Gasteiger partial charge is 0.371 e. The Kier molecular flexibility index (Phi) is 4.74. The van der Waals surface area contributed by atoms with E-state index in [1.807, 2.05) is 0 Å². The van der Waals surface area contributed by atoms with E-state index in [0.29, 0.717) is 11.1 Å². The molecule has 0 spiro atoms. The average Bonchev–Trinajstić information content (AvgIpc) is 2.28. The van der Waals surface area contributed by atoms with E-state index in [1.54, 1.807) is 24.3 Å². The van der Waals surface area contributed by atoms with Gasteiger partial charge in [0, 0.05) is 18.6 Å². The topological polar surface area (TPSA) is 77.8 Å². The van der Waals surface area contributed by atoms with Crippen molar-refractivity contribution >= 4 is 23.5 Å². The Morgan fingerprint density at radius 1 is 1.39 bits per heavy atom. The van der Waals surface area contributed by atoms with Gasteiger partial charge < -0.3 is 15.1 Å². The van der Waals surface area contributed by atoms with E-state index in [9.17, 15) is 9.59 Å². The molecule has 1 rings (SSSR count). The number of nitrogens with zero attached hydrogens (tertiary/aromatic N) is 1. The van der Waals surface area contributed by atoms with Gasteiger partial charge in [0.2, 0.25) is 5.76 Å². The van der Waals surface area contributed by atoms with Gasteiger partial charge in [-0.05, 0) is 17.7 Å². The number of hydrogen-bond acceptors (Lipinski definition) is 3. The van der Waals surface area contributed by atoms with Gasteiger partial charge in [0.1, 0.15) is 0 Å². The predicted molar refractivity (Wildman–Crippen MR) is 66.3 cm³/mol. The van der Waals surface area contributed by atoms with Crippen LogP contribution in [-0.2, 0) is 16.1 Å². The number of aliphatic hydroxyl groups excluding tert-OH is 1. The Balaban J connectivity index is 2.71. The Morgan fingerprint density at radius 2 is 2.06 bits per heavy atom. The molecule has 18 heavy (non-hydrogen) atoms. The van der Waals surface area contributed by atoms with Crippen LogP contribution in [0.2, 0.25) is 5.02 Å². The third-order valence-electron chi connectivity index (χ3n) is 2.16. The van der Waals surface area contributed by atoms with Crippen molar-refractivity contribution in [1.82, 2.24) is 4.90 Å². The summed E-state index contributed by atoms with van der Waals surface area (Å²) in [6.07, 6.45) is 0.660. The fourth-order valence-electron chi connectivity index (χ4n) is 1.28. The lowest BCUT2D eigenvalue weighted by Crippen LogP contribution is -2.25. The third-order valence-corrected chi connectivity index (χ3v) is 2.40. The minimum atomic E-state index is -1.54. The summed E-state index contributed by atoms with van der Waals surface area (Å²) in [4.78, 5) is 23.2. The highest BCUT2D eigenvalue weighted by molar-refractivity contribution is 6.30. The zero-order valence-electron chi connectivity index (χ0n) is 9.63. The summed E-state index contributed by atoms with van der Waals surface area (Å²) >= 11 is 5.80. The number of aliphatic hydroxyl groups is 1. The summed E-state index contributed by atoms with van der Waals surface area (Å²) in [7, 11) is 1.49. The molecule has 6 heteroatoms. The van der Waals surface area contributed by atoms with Crippen molar-refractivity contribution in [3.05, 3.63) is 46.7 Å². The molecule has 1 aromatic rings. The molecule has 0 unspecified atom stereocenters. The van der Waals surface area contributed by atoms with Crippen LogP contribution in [0.1, 0.15) is 5.56 Å². The standard InChI is InChI=1S/C12H12ClNO4/c1-14(11(16)6-10(15)12(17)18)7-8-3-2-4-9(13)5-8/h2-6,15H,7H2,1H3,(H,17,18)/b10-6-. The highest BCUT2D eigenvalue weighted by Crippen LogP contribution is 2.12. The van der Waals surface area contributed by atoms with Crippen molar-refractivity contribution in [2.45, 2.75) is 6.54 Å². The monoisotopic (exact) mass is 269 g/mol. The molecule has 0 aliphatic rings. The number of benzene rings is 1. The van der Waals surface area contributed by atoms with Gasteiger partial charge in [-0.15, -0.1) is 0 Å². The zero-order valence-corrected chi connectivity index (χ0v) is 10.4. The molecule has 0 radical (unpaired) electrons. The second-order valence-electron chi connectivity index (χ2n) is 3.66. The maximum Gasteiger partial charge on any atom is 0.371 e. The van der Waals surface area contributed by atoms with Crippen LogP contribution < -0.4 is 0 Å². The third kappa shape index (κ3) is 4.10. The molecule has 0 aromatic heterocycles. The molecular formula is C12H12ClNO4. The van der Waals surface area contributed by atoms with E-state index in [0.717, 1.165) is 5.56 Å². The fourth-order valence-corrected chi connectivity index (χ4v) is 1.49.